The Hall–Kier alpha value is -2.96. The Balaban J connectivity index is 1.75. The molecule has 4 N–H and O–H groups in total. The van der Waals surface area contributed by atoms with E-state index in [1.54, 1.807) is 26.0 Å². The van der Waals surface area contributed by atoms with E-state index < -0.39 is 21.9 Å². The molecule has 1 saturated heterocycles. The highest BCUT2D eigenvalue weighted by Gasteiger charge is 2.37. The second-order valence-electron chi connectivity index (χ2n) is 8.81. The molecule has 34 heavy (non-hydrogen) atoms. The summed E-state index contributed by atoms with van der Waals surface area (Å²) in [4.78, 5) is 26.4. The van der Waals surface area contributed by atoms with Gasteiger partial charge in [-0.2, -0.15) is 12.7 Å². The Labute approximate surface area is 197 Å². The molecule has 10 nitrogen and oxygen atoms in total. The van der Waals surface area contributed by atoms with Crippen molar-refractivity contribution in [3.8, 4) is 0 Å². The lowest BCUT2D eigenvalue weighted by atomic mass is 10.1. The molecule has 2 aromatic rings. The number of carbonyl (C=O) groups is 1. The molecule has 2 aliphatic rings. The number of nitrogens with one attached hydrogen (secondary N) is 4. The van der Waals surface area contributed by atoms with Crippen molar-refractivity contribution in [2.75, 3.05) is 30.8 Å². The van der Waals surface area contributed by atoms with Crippen molar-refractivity contribution in [1.29, 1.82) is 0 Å². The Morgan fingerprint density at radius 1 is 1.15 bits per heavy atom. The first-order valence-corrected chi connectivity index (χ1v) is 12.5. The van der Waals surface area contributed by atoms with Gasteiger partial charge >= 0.3 is 0 Å². The van der Waals surface area contributed by atoms with Crippen LogP contribution >= 0.6 is 0 Å². The summed E-state index contributed by atoms with van der Waals surface area (Å²) in [7, 11) is -0.702. The van der Waals surface area contributed by atoms with Gasteiger partial charge in [0.1, 0.15) is 17.2 Å². The topological polar surface area (TPSA) is 125 Å². The van der Waals surface area contributed by atoms with Crippen LogP contribution in [-0.2, 0) is 17.3 Å². The van der Waals surface area contributed by atoms with E-state index in [9.17, 15) is 22.4 Å². The fourth-order valence-electron chi connectivity index (χ4n) is 3.87. The smallest absolute Gasteiger partial charge is 0.279 e. The summed E-state index contributed by atoms with van der Waals surface area (Å²) in [6, 6.07) is 4.40. The summed E-state index contributed by atoms with van der Waals surface area (Å²) in [5.41, 5.74) is 1.31. The first kappa shape index (κ1) is 24.2. The summed E-state index contributed by atoms with van der Waals surface area (Å²) in [5.74, 6) is -0.751. The maximum Gasteiger partial charge on any atom is 0.279 e. The molecule has 0 atom stereocenters. The molecule has 0 spiro atoms. The zero-order chi connectivity index (χ0) is 24.8. The van der Waals surface area contributed by atoms with E-state index in [4.69, 9.17) is 0 Å². The van der Waals surface area contributed by atoms with Crippen molar-refractivity contribution in [1.82, 2.24) is 18.9 Å². The highest BCUT2D eigenvalue weighted by molar-refractivity contribution is 7.87. The van der Waals surface area contributed by atoms with Crippen LogP contribution in [0, 0.1) is 19.7 Å². The van der Waals surface area contributed by atoms with Crippen LogP contribution in [0.3, 0.4) is 0 Å². The molecule has 0 bridgehead atoms. The van der Waals surface area contributed by atoms with E-state index in [1.807, 2.05) is 0 Å². The number of rotatable bonds is 8. The van der Waals surface area contributed by atoms with Gasteiger partial charge in [0.05, 0.1) is 17.4 Å². The Morgan fingerprint density at radius 3 is 2.41 bits per heavy atom. The third-order valence-corrected chi connectivity index (χ3v) is 7.63. The average molecular weight is 493 g/mol. The number of amides is 1. The van der Waals surface area contributed by atoms with Gasteiger partial charge in [-0.05, 0) is 44.4 Å². The zero-order valence-corrected chi connectivity index (χ0v) is 20.3. The number of aryl methyl sites for hydroxylation is 1. The molecule has 1 saturated carbocycles. The van der Waals surface area contributed by atoms with E-state index in [1.165, 1.54) is 29.0 Å². The first-order chi connectivity index (χ1) is 16.0. The minimum atomic E-state index is -3.56. The van der Waals surface area contributed by atoms with Crippen LogP contribution in [0.25, 0.3) is 0 Å². The van der Waals surface area contributed by atoms with Gasteiger partial charge in [0.25, 0.3) is 21.7 Å². The Kier molecular flexibility index (Phi) is 6.40. The third-order valence-electron chi connectivity index (χ3n) is 6.13. The molecule has 4 rings (SSSR count). The zero-order valence-electron chi connectivity index (χ0n) is 19.5. The van der Waals surface area contributed by atoms with Gasteiger partial charge in [-0.1, -0.05) is 6.07 Å². The molecule has 2 heterocycles. The molecule has 0 radical (unpaired) electrons. The number of aromatic nitrogens is 1. The lowest BCUT2D eigenvalue weighted by Gasteiger charge is -2.39. The van der Waals surface area contributed by atoms with E-state index in [0.717, 1.165) is 18.4 Å². The van der Waals surface area contributed by atoms with Gasteiger partial charge in [0.2, 0.25) is 0 Å². The average Bonchev–Trinajstić information content (AvgIpc) is 3.56. The van der Waals surface area contributed by atoms with Crippen molar-refractivity contribution < 1.29 is 17.6 Å². The maximum absolute atomic E-state index is 14.6. The van der Waals surface area contributed by atoms with Gasteiger partial charge in [-0.25, -0.2) is 9.11 Å². The van der Waals surface area contributed by atoms with Crippen molar-refractivity contribution in [2.45, 2.75) is 38.8 Å². The van der Waals surface area contributed by atoms with Gasteiger partial charge in [0, 0.05) is 38.8 Å². The van der Waals surface area contributed by atoms with Crippen LogP contribution < -0.4 is 26.2 Å². The molecule has 12 heteroatoms. The molecular weight excluding hydrogens is 463 g/mol. The third kappa shape index (κ3) is 4.65. The maximum atomic E-state index is 14.6. The molecule has 1 aliphatic heterocycles. The number of pyridine rings is 1. The molecule has 1 aromatic heterocycles. The molecule has 1 aliphatic carbocycles. The van der Waals surface area contributed by atoms with Crippen LogP contribution in [-0.4, -0.2) is 55.4 Å². The van der Waals surface area contributed by atoms with Crippen molar-refractivity contribution in [2.24, 2.45) is 7.05 Å². The van der Waals surface area contributed by atoms with Crippen molar-refractivity contribution in [3.05, 3.63) is 51.1 Å². The number of anilines is 3. The lowest BCUT2D eigenvalue weighted by Crippen LogP contribution is -2.59. The number of halogens is 1. The van der Waals surface area contributed by atoms with Crippen molar-refractivity contribution in [3.63, 3.8) is 0 Å². The Morgan fingerprint density at radius 2 is 1.82 bits per heavy atom. The SMILES string of the molecule is CNS(=O)(=O)N1CC(Nc2c(C(=O)NC3CC3)c(Nc3ccc(C)cc3F)n(C)c(=O)c2C)C1. The largest absolute Gasteiger partial charge is 0.379 e. The van der Waals surface area contributed by atoms with Gasteiger partial charge < -0.3 is 16.0 Å². The second kappa shape index (κ2) is 9.01. The minimum Gasteiger partial charge on any atom is -0.379 e. The number of nitrogens with zero attached hydrogens (tertiary/aromatic N) is 2. The van der Waals surface area contributed by atoms with Crippen LogP contribution in [0.2, 0.25) is 0 Å². The monoisotopic (exact) mass is 492 g/mol. The normalized spacial score (nSPS) is 16.7. The molecular formula is C22H29FN6O4S. The molecule has 1 aromatic carbocycles. The molecule has 1 amide bonds. The summed E-state index contributed by atoms with van der Waals surface area (Å²) in [5, 5.41) is 9.08. The van der Waals surface area contributed by atoms with Crippen molar-refractivity contribution >= 4 is 33.3 Å². The van der Waals surface area contributed by atoms with E-state index in [2.05, 4.69) is 20.7 Å². The predicted octanol–water partition coefficient (Wildman–Crippen LogP) is 1.34. The highest BCUT2D eigenvalue weighted by atomic mass is 32.2. The summed E-state index contributed by atoms with van der Waals surface area (Å²) in [6.45, 7) is 3.73. The predicted molar refractivity (Wildman–Crippen MR) is 128 cm³/mol. The van der Waals surface area contributed by atoms with E-state index in [-0.39, 0.29) is 47.8 Å². The highest BCUT2D eigenvalue weighted by Crippen LogP contribution is 2.32. The quantitative estimate of drug-likeness (QED) is 0.441. The van der Waals surface area contributed by atoms with Crippen LogP contribution in [0.4, 0.5) is 21.6 Å². The summed E-state index contributed by atoms with van der Waals surface area (Å²) in [6.07, 6.45) is 1.74. The molecule has 184 valence electrons. The second-order valence-corrected chi connectivity index (χ2v) is 10.7. The van der Waals surface area contributed by atoms with Crippen LogP contribution in [0.5, 0.6) is 0 Å². The van der Waals surface area contributed by atoms with Crippen LogP contribution in [0.15, 0.2) is 23.0 Å². The van der Waals surface area contributed by atoms with Gasteiger partial charge in [-0.15, -0.1) is 0 Å². The standard InChI is InChI=1S/C22H29FN6O4S/c1-12-5-8-17(16(23)9-12)27-20-18(21(30)26-14-6-7-14)19(13(2)22(31)28(20)4)25-15-10-29(11-15)34(32,33)24-3/h5,8-9,14-15,24-25,27H,6-7,10-11H2,1-4H3,(H,26,30). The van der Waals surface area contributed by atoms with E-state index >= 15 is 0 Å². The number of benzene rings is 1. The number of hydrogen-bond donors (Lipinski definition) is 4. The molecule has 2 fully saturated rings. The minimum absolute atomic E-state index is 0.0572. The summed E-state index contributed by atoms with van der Waals surface area (Å²) >= 11 is 0. The Bertz CT molecular complexity index is 1300. The van der Waals surface area contributed by atoms with Gasteiger partial charge in [0.15, 0.2) is 0 Å². The number of hydrogen-bond acceptors (Lipinski definition) is 6. The van der Waals surface area contributed by atoms with E-state index in [0.29, 0.717) is 11.3 Å². The first-order valence-electron chi connectivity index (χ1n) is 11.0. The fourth-order valence-corrected chi connectivity index (χ4v) is 4.89. The molecule has 0 unspecified atom stereocenters. The van der Waals surface area contributed by atoms with Gasteiger partial charge in [-0.3, -0.25) is 14.2 Å². The lowest BCUT2D eigenvalue weighted by molar-refractivity contribution is 0.0951. The fraction of sp³-hybridized carbons (Fsp3) is 0.455. The van der Waals surface area contributed by atoms with Crippen LogP contribution in [0.1, 0.15) is 34.3 Å². The summed E-state index contributed by atoms with van der Waals surface area (Å²) < 4.78 is 43.4. The number of carbonyl (C=O) groups excluding carboxylic acids is 1.